The van der Waals surface area contributed by atoms with Crippen molar-refractivity contribution in [1.82, 2.24) is 15.1 Å². The molecule has 1 aromatic carbocycles. The van der Waals surface area contributed by atoms with Gasteiger partial charge in [0.2, 0.25) is 0 Å². The van der Waals surface area contributed by atoms with E-state index >= 15 is 0 Å². The molecule has 104 valence electrons. The first-order valence-corrected chi connectivity index (χ1v) is 7.41. The summed E-state index contributed by atoms with van der Waals surface area (Å²) in [5, 5.41) is 8.58. The van der Waals surface area contributed by atoms with Crippen LogP contribution in [0.2, 0.25) is 0 Å². The number of nitrogens with one attached hydrogen (secondary N) is 1. The van der Waals surface area contributed by atoms with Crippen LogP contribution < -0.4 is 5.32 Å². The lowest BCUT2D eigenvalue weighted by molar-refractivity contribution is 0.630. The molecule has 0 fully saturated rings. The highest BCUT2D eigenvalue weighted by Crippen LogP contribution is 2.33. The number of hydrogen-bond donors (Lipinski definition) is 1. The van der Waals surface area contributed by atoms with Crippen LogP contribution >= 0.6 is 11.3 Å². The molecule has 1 N–H and O–H groups in total. The van der Waals surface area contributed by atoms with Crippen molar-refractivity contribution in [3.63, 3.8) is 0 Å². The maximum atomic E-state index is 13.3. The molecule has 0 spiro atoms. The van der Waals surface area contributed by atoms with E-state index in [0.717, 1.165) is 22.2 Å². The van der Waals surface area contributed by atoms with Crippen LogP contribution in [0, 0.1) is 5.82 Å². The average Bonchev–Trinajstić information content (AvgIpc) is 3.06. The second-order valence-electron chi connectivity index (χ2n) is 4.68. The van der Waals surface area contributed by atoms with Crippen molar-refractivity contribution in [2.45, 2.75) is 19.5 Å². The smallest absolute Gasteiger partial charge is 0.123 e. The number of aromatic nitrogens is 2. The molecule has 3 nitrogen and oxygen atoms in total. The lowest BCUT2D eigenvalue weighted by Crippen LogP contribution is -2.15. The van der Waals surface area contributed by atoms with Crippen LogP contribution in [0.5, 0.6) is 0 Å². The second kappa shape index (κ2) is 5.34. The molecule has 0 saturated carbocycles. The molecule has 2 heterocycles. The molecule has 0 radical (unpaired) electrons. The van der Waals surface area contributed by atoms with Crippen molar-refractivity contribution < 1.29 is 4.39 Å². The molecular weight excluding hydrogens is 273 g/mol. The summed E-state index contributed by atoms with van der Waals surface area (Å²) >= 11 is 1.68. The molecule has 5 heteroatoms. The van der Waals surface area contributed by atoms with Crippen molar-refractivity contribution in [3.05, 3.63) is 52.9 Å². The van der Waals surface area contributed by atoms with E-state index in [4.69, 9.17) is 0 Å². The molecule has 1 atom stereocenters. The Morgan fingerprint density at radius 3 is 2.95 bits per heavy atom. The van der Waals surface area contributed by atoms with Crippen molar-refractivity contribution in [3.8, 4) is 0 Å². The van der Waals surface area contributed by atoms with Crippen molar-refractivity contribution >= 4 is 21.4 Å². The minimum absolute atomic E-state index is 0.0933. The van der Waals surface area contributed by atoms with Gasteiger partial charge in [0, 0.05) is 27.9 Å². The Labute approximate surface area is 121 Å². The number of aryl methyl sites for hydroxylation is 1. The van der Waals surface area contributed by atoms with E-state index in [0.29, 0.717) is 0 Å². The number of hydrogen-bond acceptors (Lipinski definition) is 3. The standard InChI is InChI=1S/C15H16FN3S/c1-3-19-9-11(8-18-19)15(17-2)14-7-10-6-12(16)4-5-13(10)20-14/h4-9,15,17H,3H2,1-2H3. The predicted molar refractivity (Wildman–Crippen MR) is 80.6 cm³/mol. The first kappa shape index (κ1) is 13.3. The van der Waals surface area contributed by atoms with E-state index in [1.54, 1.807) is 17.4 Å². The van der Waals surface area contributed by atoms with E-state index in [1.165, 1.54) is 10.9 Å². The number of halogens is 1. The van der Waals surface area contributed by atoms with E-state index in [2.05, 4.69) is 17.3 Å². The zero-order valence-corrected chi connectivity index (χ0v) is 12.2. The van der Waals surface area contributed by atoms with Gasteiger partial charge in [-0.3, -0.25) is 4.68 Å². The minimum atomic E-state index is -0.193. The lowest BCUT2D eigenvalue weighted by Gasteiger charge is -2.11. The Balaban J connectivity index is 2.02. The highest BCUT2D eigenvalue weighted by Gasteiger charge is 2.16. The monoisotopic (exact) mass is 289 g/mol. The number of benzene rings is 1. The van der Waals surface area contributed by atoms with Gasteiger partial charge < -0.3 is 5.32 Å². The Morgan fingerprint density at radius 2 is 2.25 bits per heavy atom. The van der Waals surface area contributed by atoms with Gasteiger partial charge in [0.05, 0.1) is 12.2 Å². The van der Waals surface area contributed by atoms with Crippen LogP contribution in [0.1, 0.15) is 23.4 Å². The van der Waals surface area contributed by atoms with Crippen LogP contribution in [0.3, 0.4) is 0 Å². The molecule has 0 aliphatic heterocycles. The largest absolute Gasteiger partial charge is 0.309 e. The van der Waals surface area contributed by atoms with Gasteiger partial charge in [-0.05, 0) is 43.6 Å². The molecule has 3 aromatic rings. The molecule has 0 aliphatic rings. The van der Waals surface area contributed by atoms with Crippen molar-refractivity contribution in [2.75, 3.05) is 7.05 Å². The maximum absolute atomic E-state index is 13.3. The maximum Gasteiger partial charge on any atom is 0.123 e. The summed E-state index contributed by atoms with van der Waals surface area (Å²) in [5.74, 6) is -0.193. The van der Waals surface area contributed by atoms with Gasteiger partial charge in [0.1, 0.15) is 5.82 Å². The van der Waals surface area contributed by atoms with Gasteiger partial charge >= 0.3 is 0 Å². The quantitative estimate of drug-likeness (QED) is 0.796. The number of thiophene rings is 1. The topological polar surface area (TPSA) is 29.9 Å². The highest BCUT2D eigenvalue weighted by atomic mass is 32.1. The third-order valence-corrected chi connectivity index (χ3v) is 4.56. The van der Waals surface area contributed by atoms with Crippen LogP contribution in [0.15, 0.2) is 36.7 Å². The van der Waals surface area contributed by atoms with Gasteiger partial charge in [0.15, 0.2) is 0 Å². The zero-order valence-electron chi connectivity index (χ0n) is 11.4. The van der Waals surface area contributed by atoms with Crippen molar-refractivity contribution in [2.24, 2.45) is 0 Å². The van der Waals surface area contributed by atoms with E-state index in [1.807, 2.05) is 36.3 Å². The minimum Gasteiger partial charge on any atom is -0.309 e. The molecule has 3 rings (SSSR count). The number of nitrogens with zero attached hydrogens (tertiary/aromatic N) is 2. The normalized spacial score (nSPS) is 12.9. The molecule has 0 saturated heterocycles. The van der Waals surface area contributed by atoms with Crippen molar-refractivity contribution in [1.29, 1.82) is 0 Å². The highest BCUT2D eigenvalue weighted by molar-refractivity contribution is 7.19. The van der Waals surface area contributed by atoms with Crippen LogP contribution in [0.4, 0.5) is 4.39 Å². The van der Waals surface area contributed by atoms with Gasteiger partial charge in [-0.1, -0.05) is 0 Å². The summed E-state index contributed by atoms with van der Waals surface area (Å²) in [6.07, 6.45) is 3.93. The second-order valence-corrected chi connectivity index (χ2v) is 5.80. The Kier molecular flexibility index (Phi) is 3.54. The first-order chi connectivity index (χ1) is 9.71. The molecular formula is C15H16FN3S. The van der Waals surface area contributed by atoms with Gasteiger partial charge in [-0.2, -0.15) is 5.10 Å². The van der Waals surface area contributed by atoms with Gasteiger partial charge in [-0.25, -0.2) is 4.39 Å². The SMILES string of the molecule is CCn1cc(C(NC)c2cc3cc(F)ccc3s2)cn1. The summed E-state index contributed by atoms with van der Waals surface area (Å²) in [5.41, 5.74) is 1.13. The third-order valence-electron chi connectivity index (χ3n) is 3.38. The molecule has 0 aliphatic carbocycles. The van der Waals surface area contributed by atoms with E-state index in [9.17, 15) is 4.39 Å². The van der Waals surface area contributed by atoms with Crippen LogP contribution in [-0.4, -0.2) is 16.8 Å². The van der Waals surface area contributed by atoms with Gasteiger partial charge in [0.25, 0.3) is 0 Å². The summed E-state index contributed by atoms with van der Waals surface area (Å²) in [7, 11) is 1.93. The fourth-order valence-electron chi connectivity index (χ4n) is 2.35. The zero-order chi connectivity index (χ0) is 14.1. The van der Waals surface area contributed by atoms with E-state index < -0.39 is 0 Å². The van der Waals surface area contributed by atoms with Crippen LogP contribution in [-0.2, 0) is 6.54 Å². The first-order valence-electron chi connectivity index (χ1n) is 6.60. The Morgan fingerprint density at radius 1 is 1.40 bits per heavy atom. The number of fused-ring (bicyclic) bond motifs is 1. The fraction of sp³-hybridized carbons (Fsp3) is 0.267. The molecule has 0 bridgehead atoms. The average molecular weight is 289 g/mol. The summed E-state index contributed by atoms with van der Waals surface area (Å²) in [6.45, 7) is 2.92. The molecule has 0 amide bonds. The predicted octanol–water partition coefficient (Wildman–Crippen LogP) is 3.57. The molecule has 2 aromatic heterocycles. The molecule has 1 unspecified atom stereocenters. The van der Waals surface area contributed by atoms with Crippen LogP contribution in [0.25, 0.3) is 10.1 Å². The molecule has 20 heavy (non-hydrogen) atoms. The van der Waals surface area contributed by atoms with Gasteiger partial charge in [-0.15, -0.1) is 11.3 Å². The Hall–Kier alpha value is -1.72. The fourth-order valence-corrected chi connectivity index (χ4v) is 3.54. The number of rotatable bonds is 4. The summed E-state index contributed by atoms with van der Waals surface area (Å²) in [6, 6.07) is 7.06. The third kappa shape index (κ3) is 2.34. The van der Waals surface area contributed by atoms with E-state index in [-0.39, 0.29) is 11.9 Å². The Bertz CT molecular complexity index is 732. The lowest BCUT2D eigenvalue weighted by atomic mass is 10.1. The summed E-state index contributed by atoms with van der Waals surface area (Å²) in [4.78, 5) is 1.17. The summed E-state index contributed by atoms with van der Waals surface area (Å²) < 4.78 is 16.3.